The van der Waals surface area contributed by atoms with Gasteiger partial charge in [0, 0.05) is 30.9 Å². The van der Waals surface area contributed by atoms with E-state index in [1.807, 2.05) is 6.92 Å². The zero-order valence-electron chi connectivity index (χ0n) is 12.6. The number of amides is 1. The quantitative estimate of drug-likeness (QED) is 0.841. The molecule has 6 nitrogen and oxygen atoms in total. The molecule has 22 heavy (non-hydrogen) atoms. The first-order valence-corrected chi connectivity index (χ1v) is 7.39. The SMILES string of the molecule is CC(C(=O)Nc1cccc(OCC(=O)O)c1)C1CCOCC1. The Morgan fingerprint density at radius 2 is 2.14 bits per heavy atom. The Kier molecular flexibility index (Phi) is 5.77. The molecule has 1 aromatic carbocycles. The number of rotatable bonds is 6. The number of anilines is 1. The van der Waals surface area contributed by atoms with Crippen molar-refractivity contribution in [3.8, 4) is 5.75 Å². The van der Waals surface area contributed by atoms with Gasteiger partial charge in [-0.2, -0.15) is 0 Å². The maximum absolute atomic E-state index is 12.3. The summed E-state index contributed by atoms with van der Waals surface area (Å²) >= 11 is 0. The average Bonchev–Trinajstić information content (AvgIpc) is 2.53. The molecule has 0 bridgehead atoms. The maximum Gasteiger partial charge on any atom is 0.341 e. The summed E-state index contributed by atoms with van der Waals surface area (Å²) in [5, 5.41) is 11.5. The van der Waals surface area contributed by atoms with Crippen LogP contribution in [0.25, 0.3) is 0 Å². The molecule has 0 aliphatic carbocycles. The Balaban J connectivity index is 1.92. The molecule has 2 N–H and O–H groups in total. The van der Waals surface area contributed by atoms with Gasteiger partial charge in [-0.15, -0.1) is 0 Å². The summed E-state index contributed by atoms with van der Waals surface area (Å²) in [6.07, 6.45) is 1.80. The number of aliphatic carboxylic acids is 1. The number of carboxylic acid groups (broad SMARTS) is 1. The van der Waals surface area contributed by atoms with Crippen LogP contribution in [0.5, 0.6) is 5.75 Å². The van der Waals surface area contributed by atoms with Gasteiger partial charge in [0.15, 0.2) is 6.61 Å². The maximum atomic E-state index is 12.3. The van der Waals surface area contributed by atoms with Crippen molar-refractivity contribution < 1.29 is 24.2 Å². The predicted octanol–water partition coefficient (Wildman–Crippen LogP) is 2.15. The van der Waals surface area contributed by atoms with E-state index in [1.54, 1.807) is 24.3 Å². The van der Waals surface area contributed by atoms with E-state index in [1.165, 1.54) is 0 Å². The predicted molar refractivity (Wildman–Crippen MR) is 80.9 cm³/mol. The Bertz CT molecular complexity index is 525. The van der Waals surface area contributed by atoms with Crippen molar-refractivity contribution in [2.45, 2.75) is 19.8 Å². The van der Waals surface area contributed by atoms with Crippen LogP contribution in [0, 0.1) is 11.8 Å². The van der Waals surface area contributed by atoms with Crippen LogP contribution in [-0.4, -0.2) is 36.8 Å². The number of hydrogen-bond acceptors (Lipinski definition) is 4. The van der Waals surface area contributed by atoms with Gasteiger partial charge in [0.05, 0.1) is 0 Å². The van der Waals surface area contributed by atoms with Crippen LogP contribution in [0.1, 0.15) is 19.8 Å². The van der Waals surface area contributed by atoms with Gasteiger partial charge in [-0.25, -0.2) is 4.79 Å². The molecule has 1 atom stereocenters. The van der Waals surface area contributed by atoms with E-state index >= 15 is 0 Å². The second kappa shape index (κ2) is 7.79. The fraction of sp³-hybridized carbons (Fsp3) is 0.500. The minimum atomic E-state index is -1.04. The summed E-state index contributed by atoms with van der Waals surface area (Å²) in [6, 6.07) is 6.74. The lowest BCUT2D eigenvalue weighted by atomic mass is 9.87. The highest BCUT2D eigenvalue weighted by molar-refractivity contribution is 5.92. The molecule has 120 valence electrons. The fourth-order valence-corrected chi connectivity index (χ4v) is 2.49. The minimum Gasteiger partial charge on any atom is -0.482 e. The molecular weight excluding hydrogens is 286 g/mol. The lowest BCUT2D eigenvalue weighted by Crippen LogP contribution is -2.30. The van der Waals surface area contributed by atoms with E-state index in [-0.39, 0.29) is 11.8 Å². The number of hydrogen-bond donors (Lipinski definition) is 2. The average molecular weight is 307 g/mol. The Morgan fingerprint density at radius 3 is 2.82 bits per heavy atom. The van der Waals surface area contributed by atoms with Crippen molar-refractivity contribution in [2.75, 3.05) is 25.1 Å². The number of nitrogens with one attached hydrogen (secondary N) is 1. The highest BCUT2D eigenvalue weighted by Crippen LogP contribution is 2.25. The third kappa shape index (κ3) is 4.73. The first-order valence-electron chi connectivity index (χ1n) is 7.39. The van der Waals surface area contributed by atoms with Gasteiger partial charge in [0.25, 0.3) is 0 Å². The second-order valence-corrected chi connectivity index (χ2v) is 5.44. The van der Waals surface area contributed by atoms with E-state index < -0.39 is 12.6 Å². The van der Waals surface area contributed by atoms with Gasteiger partial charge in [-0.05, 0) is 30.9 Å². The third-order valence-electron chi connectivity index (χ3n) is 3.85. The normalized spacial score (nSPS) is 16.8. The second-order valence-electron chi connectivity index (χ2n) is 5.44. The van der Waals surface area contributed by atoms with Crippen LogP contribution in [-0.2, 0) is 14.3 Å². The van der Waals surface area contributed by atoms with Crippen molar-refractivity contribution in [2.24, 2.45) is 11.8 Å². The van der Waals surface area contributed by atoms with Crippen LogP contribution in [0.2, 0.25) is 0 Å². The Hall–Kier alpha value is -2.08. The van der Waals surface area contributed by atoms with Crippen molar-refractivity contribution in [1.82, 2.24) is 0 Å². The van der Waals surface area contributed by atoms with Crippen molar-refractivity contribution in [1.29, 1.82) is 0 Å². The monoisotopic (exact) mass is 307 g/mol. The minimum absolute atomic E-state index is 0.0396. The van der Waals surface area contributed by atoms with E-state index in [0.717, 1.165) is 12.8 Å². The van der Waals surface area contributed by atoms with Crippen LogP contribution in [0.4, 0.5) is 5.69 Å². The molecule has 2 rings (SSSR count). The number of carbonyl (C=O) groups excluding carboxylic acids is 1. The highest BCUT2D eigenvalue weighted by atomic mass is 16.5. The Labute approximate surface area is 129 Å². The van der Waals surface area contributed by atoms with Crippen LogP contribution in [0.3, 0.4) is 0 Å². The van der Waals surface area contributed by atoms with Gasteiger partial charge in [0.1, 0.15) is 5.75 Å². The molecule has 1 heterocycles. The number of carboxylic acids is 1. The first-order chi connectivity index (χ1) is 10.6. The molecule has 1 amide bonds. The fourth-order valence-electron chi connectivity index (χ4n) is 2.49. The van der Waals surface area contributed by atoms with E-state index in [0.29, 0.717) is 30.6 Å². The molecule has 1 aliphatic heterocycles. The summed E-state index contributed by atoms with van der Waals surface area (Å²) in [4.78, 5) is 22.8. The van der Waals surface area contributed by atoms with Crippen LogP contribution in [0.15, 0.2) is 24.3 Å². The largest absolute Gasteiger partial charge is 0.482 e. The number of benzene rings is 1. The molecule has 1 unspecified atom stereocenters. The standard InChI is InChI=1S/C16H21NO5/c1-11(12-5-7-21-8-6-12)16(20)17-13-3-2-4-14(9-13)22-10-15(18)19/h2-4,9,11-12H,5-8,10H2,1H3,(H,17,20)(H,18,19). The molecule has 0 radical (unpaired) electrons. The molecule has 1 aromatic rings. The molecule has 0 spiro atoms. The smallest absolute Gasteiger partial charge is 0.341 e. The van der Waals surface area contributed by atoms with Gasteiger partial charge in [-0.1, -0.05) is 13.0 Å². The van der Waals surface area contributed by atoms with Gasteiger partial charge < -0.3 is 19.9 Å². The van der Waals surface area contributed by atoms with Gasteiger partial charge >= 0.3 is 5.97 Å². The Morgan fingerprint density at radius 1 is 1.41 bits per heavy atom. The summed E-state index contributed by atoms with van der Waals surface area (Å²) in [5.74, 6) is -0.420. The highest BCUT2D eigenvalue weighted by Gasteiger charge is 2.26. The van der Waals surface area contributed by atoms with Crippen molar-refractivity contribution >= 4 is 17.6 Å². The van der Waals surface area contributed by atoms with Crippen LogP contribution < -0.4 is 10.1 Å². The zero-order valence-corrected chi connectivity index (χ0v) is 12.6. The molecule has 1 saturated heterocycles. The first kappa shape index (κ1) is 16.3. The molecule has 1 fully saturated rings. The van der Waals surface area contributed by atoms with Gasteiger partial charge in [-0.3, -0.25) is 4.79 Å². The zero-order chi connectivity index (χ0) is 15.9. The molecule has 1 aliphatic rings. The summed E-state index contributed by atoms with van der Waals surface area (Å²) < 4.78 is 10.4. The molecular formula is C16H21NO5. The molecule has 6 heteroatoms. The van der Waals surface area contributed by atoms with Crippen molar-refractivity contribution in [3.05, 3.63) is 24.3 Å². The lowest BCUT2D eigenvalue weighted by molar-refractivity contribution is -0.139. The number of carbonyl (C=O) groups is 2. The van der Waals surface area contributed by atoms with Crippen LogP contribution >= 0.6 is 0 Å². The van der Waals surface area contributed by atoms with Gasteiger partial charge in [0.2, 0.25) is 5.91 Å². The lowest BCUT2D eigenvalue weighted by Gasteiger charge is -2.27. The topological polar surface area (TPSA) is 84.9 Å². The summed E-state index contributed by atoms with van der Waals surface area (Å²) in [6.45, 7) is 2.94. The summed E-state index contributed by atoms with van der Waals surface area (Å²) in [5.41, 5.74) is 0.604. The summed E-state index contributed by atoms with van der Waals surface area (Å²) in [7, 11) is 0. The molecule has 0 aromatic heterocycles. The third-order valence-corrected chi connectivity index (χ3v) is 3.85. The van der Waals surface area contributed by atoms with E-state index in [9.17, 15) is 9.59 Å². The number of ether oxygens (including phenoxy) is 2. The van der Waals surface area contributed by atoms with E-state index in [4.69, 9.17) is 14.6 Å². The van der Waals surface area contributed by atoms with E-state index in [2.05, 4.69) is 5.32 Å². The molecule has 0 saturated carbocycles. The van der Waals surface area contributed by atoms with Crippen molar-refractivity contribution in [3.63, 3.8) is 0 Å².